The summed E-state index contributed by atoms with van der Waals surface area (Å²) in [6.07, 6.45) is 12.8. The van der Waals surface area contributed by atoms with Crippen molar-refractivity contribution in [3.63, 3.8) is 0 Å². The number of aliphatic imine (C=N–C) groups is 2. The number of carbonyl (C=O) groups is 7. The van der Waals surface area contributed by atoms with Gasteiger partial charge in [0.25, 0.3) is 11.8 Å². The van der Waals surface area contributed by atoms with Crippen molar-refractivity contribution in [3.8, 4) is 28.7 Å². The summed E-state index contributed by atoms with van der Waals surface area (Å²) >= 11 is 0. The van der Waals surface area contributed by atoms with Crippen molar-refractivity contribution in [2.75, 3.05) is 52.9 Å². The largest absolute Gasteiger partial charge is 0.497 e. The van der Waals surface area contributed by atoms with Crippen LogP contribution in [0.4, 0.5) is 17.1 Å². The normalized spacial score (nSPS) is 16.0. The molecule has 89 heavy (non-hydrogen) atoms. The van der Waals surface area contributed by atoms with E-state index in [1.807, 2.05) is 97.3 Å². The Balaban J connectivity index is 0.00000282. The first-order valence-electron chi connectivity index (χ1n) is 30.8. The van der Waals surface area contributed by atoms with Crippen molar-refractivity contribution in [1.29, 1.82) is 0 Å². The SMILES string of the molecule is C.CC.CC.CCC(C)C(CC)C(=O)N(C=O)CCCCCC(=O)NC(C(=O)NCC(=O)Nc1ccc(C2=CN3C(=O)c4cc(OC)c(OCCCOc5cc6c(cc5OC)C(=O)N5C=C(c7ccc(OC)cc7)CC5C=N6)cc4N=CC3C2)cc1)C(C)C. The van der Waals surface area contributed by atoms with Crippen LogP contribution in [0, 0.1) is 17.8 Å². The van der Waals surface area contributed by atoms with Crippen molar-refractivity contribution in [2.45, 2.75) is 146 Å². The number of rotatable bonds is 28. The second kappa shape index (κ2) is 34.7. The van der Waals surface area contributed by atoms with Crippen molar-refractivity contribution in [3.05, 3.63) is 107 Å². The van der Waals surface area contributed by atoms with E-state index < -0.39 is 17.9 Å². The van der Waals surface area contributed by atoms with E-state index in [-0.39, 0.29) is 93.6 Å². The van der Waals surface area contributed by atoms with Crippen LogP contribution >= 0.6 is 0 Å². The van der Waals surface area contributed by atoms with Gasteiger partial charge in [-0.1, -0.05) is 107 Å². The maximum absolute atomic E-state index is 14.1. The standard InChI is InChI=1S/C64H76N8O12.2C2H6.CH4/c1-9-40(5)49(10-2)62(77)70(38-73)24-13-11-12-15-58(74)69-60(39(3)4)61(76)67-35-59(75)68-45-20-16-41(17-21-45)43-27-46-33-65-52-31-56(54(81-7)29-50(52)63(78)71(46)36-43)83-25-14-26-84-57-32-53-51(30-55(57)82-8)64(79)72-37-44(28-47(72)34-66-53)42-18-22-48(80-6)23-19-42;2*1-2;/h16-23,29-34,36-40,46-47,49,60H,9-15,24-28,35H2,1-8H3,(H,67,76)(H,68,75)(H,69,74);2*1-2H3;1H4. The summed E-state index contributed by atoms with van der Waals surface area (Å²) in [5.74, 6) is 0.240. The minimum absolute atomic E-state index is 0. The zero-order valence-corrected chi connectivity index (χ0v) is 53.1. The van der Waals surface area contributed by atoms with Crippen LogP contribution in [-0.4, -0.2) is 135 Å². The van der Waals surface area contributed by atoms with Gasteiger partial charge in [0, 0.05) is 80.8 Å². The number of methoxy groups -OCH3 is 3. The number of hydrogen-bond donors (Lipinski definition) is 3. The summed E-state index contributed by atoms with van der Waals surface area (Å²) in [7, 11) is 4.65. The molecular weight excluding hydrogens is 1130 g/mol. The highest BCUT2D eigenvalue weighted by molar-refractivity contribution is 6.07. The maximum Gasteiger partial charge on any atom is 0.260 e. The molecule has 480 valence electrons. The fraction of sp³-hybridized carbons (Fsp3) is 0.464. The predicted molar refractivity (Wildman–Crippen MR) is 350 cm³/mol. The van der Waals surface area contributed by atoms with Gasteiger partial charge in [-0.3, -0.25) is 48.4 Å². The third kappa shape index (κ3) is 17.9. The van der Waals surface area contributed by atoms with Gasteiger partial charge in [-0.15, -0.1) is 0 Å². The van der Waals surface area contributed by atoms with Crippen molar-refractivity contribution in [2.24, 2.45) is 27.7 Å². The van der Waals surface area contributed by atoms with Gasteiger partial charge in [-0.25, -0.2) is 0 Å². The molecule has 0 fully saturated rings. The Morgan fingerprint density at radius 2 is 1.18 bits per heavy atom. The number of fused-ring (bicyclic) bond motifs is 4. The van der Waals surface area contributed by atoms with E-state index in [0.717, 1.165) is 34.4 Å². The first-order chi connectivity index (χ1) is 42.6. The molecule has 7 amide bonds. The summed E-state index contributed by atoms with van der Waals surface area (Å²) in [4.78, 5) is 106. The first-order valence-corrected chi connectivity index (χ1v) is 30.8. The molecule has 4 aliphatic rings. The number of amides is 7. The number of nitrogens with one attached hydrogen (secondary N) is 3. The van der Waals surface area contributed by atoms with Crippen LogP contribution in [0.2, 0.25) is 0 Å². The minimum Gasteiger partial charge on any atom is -0.497 e. The number of anilines is 1. The highest BCUT2D eigenvalue weighted by atomic mass is 16.5. The summed E-state index contributed by atoms with van der Waals surface area (Å²) in [6.45, 7) is 18.1. The molecule has 0 aromatic heterocycles. The van der Waals surface area contributed by atoms with Crippen LogP contribution in [0.5, 0.6) is 28.7 Å². The van der Waals surface area contributed by atoms with Gasteiger partial charge >= 0.3 is 0 Å². The number of hydrogen-bond acceptors (Lipinski definition) is 14. The van der Waals surface area contributed by atoms with Gasteiger partial charge in [0.05, 0.1) is 75.7 Å². The summed E-state index contributed by atoms with van der Waals surface area (Å²) in [5.41, 5.74) is 5.96. The van der Waals surface area contributed by atoms with Gasteiger partial charge in [0.15, 0.2) is 23.0 Å². The fourth-order valence-electron chi connectivity index (χ4n) is 10.7. The third-order valence-corrected chi connectivity index (χ3v) is 15.7. The molecule has 4 aromatic rings. The number of unbranched alkanes of at least 4 members (excludes halogenated alkanes) is 2. The molecule has 4 aliphatic heterocycles. The second-order valence-electron chi connectivity index (χ2n) is 21.6. The van der Waals surface area contributed by atoms with Gasteiger partial charge in [0.1, 0.15) is 11.8 Å². The summed E-state index contributed by atoms with van der Waals surface area (Å²) in [5, 5.41) is 8.24. The van der Waals surface area contributed by atoms with Gasteiger partial charge in [-0.2, -0.15) is 0 Å². The lowest BCUT2D eigenvalue weighted by atomic mass is 9.88. The number of imide groups is 1. The zero-order valence-electron chi connectivity index (χ0n) is 53.1. The Kier molecular flexibility index (Phi) is 27.6. The summed E-state index contributed by atoms with van der Waals surface area (Å²) < 4.78 is 29.0. The number of ether oxygens (including phenoxy) is 5. The smallest absolute Gasteiger partial charge is 0.260 e. The van der Waals surface area contributed by atoms with E-state index in [1.54, 1.807) is 79.6 Å². The first kappa shape index (κ1) is 70.9. The van der Waals surface area contributed by atoms with Crippen LogP contribution in [0.25, 0.3) is 11.1 Å². The highest BCUT2D eigenvalue weighted by Gasteiger charge is 2.36. The van der Waals surface area contributed by atoms with Gasteiger partial charge < -0.3 is 49.4 Å². The van der Waals surface area contributed by atoms with Crippen LogP contribution < -0.4 is 39.6 Å². The van der Waals surface area contributed by atoms with E-state index >= 15 is 0 Å². The Morgan fingerprint density at radius 3 is 1.64 bits per heavy atom. The molecule has 0 radical (unpaired) electrons. The van der Waals surface area contributed by atoms with Crippen LogP contribution in [0.3, 0.4) is 0 Å². The molecule has 0 aliphatic carbocycles. The number of benzene rings is 4. The average molecular weight is 1230 g/mol. The van der Waals surface area contributed by atoms with Crippen LogP contribution in [0.1, 0.15) is 159 Å². The van der Waals surface area contributed by atoms with Crippen LogP contribution in [0.15, 0.2) is 95.2 Å². The molecule has 8 rings (SSSR count). The Morgan fingerprint density at radius 1 is 0.663 bits per heavy atom. The molecule has 0 bridgehead atoms. The molecule has 20 nitrogen and oxygen atoms in total. The molecule has 4 heterocycles. The maximum atomic E-state index is 14.1. The topological polar surface area (TPSA) is 236 Å². The third-order valence-electron chi connectivity index (χ3n) is 15.7. The van der Waals surface area contributed by atoms with Crippen molar-refractivity contribution >= 4 is 82.5 Å². The number of carbonyl (C=O) groups excluding carboxylic acids is 7. The monoisotopic (exact) mass is 1220 g/mol. The molecular formula is C69H92N8O12. The molecule has 5 atom stereocenters. The van der Waals surface area contributed by atoms with Gasteiger partial charge in [-0.05, 0) is 89.8 Å². The Hall–Kier alpha value is -8.81. The Labute approximate surface area is 525 Å². The van der Waals surface area contributed by atoms with Crippen LogP contribution in [-0.2, 0) is 24.0 Å². The number of nitrogens with zero attached hydrogens (tertiary/aromatic N) is 5. The van der Waals surface area contributed by atoms with E-state index in [2.05, 4.69) is 16.0 Å². The quantitative estimate of drug-likeness (QED) is 0.0356. The Bertz CT molecular complexity index is 3210. The summed E-state index contributed by atoms with van der Waals surface area (Å²) in [6, 6.07) is 20.2. The lowest BCUT2D eigenvalue weighted by Gasteiger charge is -2.25. The van der Waals surface area contributed by atoms with E-state index in [1.165, 1.54) is 19.1 Å². The van der Waals surface area contributed by atoms with Crippen molar-refractivity contribution < 1.29 is 57.2 Å². The second-order valence-corrected chi connectivity index (χ2v) is 21.6. The molecule has 0 saturated carbocycles. The highest BCUT2D eigenvalue weighted by Crippen LogP contribution is 2.42. The molecule has 0 spiro atoms. The average Bonchev–Trinajstić information content (AvgIpc) is 1.84. The van der Waals surface area contributed by atoms with E-state index in [0.29, 0.717) is 103 Å². The fourth-order valence-corrected chi connectivity index (χ4v) is 10.7. The van der Waals surface area contributed by atoms with Crippen molar-refractivity contribution in [1.82, 2.24) is 25.3 Å². The predicted octanol–water partition coefficient (Wildman–Crippen LogP) is 12.0. The molecule has 4 aromatic carbocycles. The van der Waals surface area contributed by atoms with E-state index in [9.17, 15) is 33.6 Å². The zero-order chi connectivity index (χ0) is 64.0. The molecule has 20 heteroatoms. The molecule has 0 saturated heterocycles. The lowest BCUT2D eigenvalue weighted by Crippen LogP contribution is -2.51. The molecule has 3 N–H and O–H groups in total. The minimum atomic E-state index is -0.860. The molecule has 5 unspecified atom stereocenters. The van der Waals surface area contributed by atoms with Gasteiger partial charge in [0.2, 0.25) is 30.0 Å². The van der Waals surface area contributed by atoms with E-state index in [4.69, 9.17) is 33.7 Å². The lowest BCUT2D eigenvalue weighted by molar-refractivity contribution is -0.143.